The number of anilines is 4. The van der Waals surface area contributed by atoms with Gasteiger partial charge in [-0.1, -0.05) is 6.07 Å². The predicted octanol–water partition coefficient (Wildman–Crippen LogP) is 1.33. The number of nitrogens with one attached hydrogen (secondary N) is 1. The number of hydrogen-bond donors (Lipinski definition) is 3. The Morgan fingerprint density at radius 2 is 1.84 bits per heavy atom. The molecule has 0 radical (unpaired) electrons. The van der Waals surface area contributed by atoms with E-state index in [1.807, 2.05) is 0 Å². The van der Waals surface area contributed by atoms with Crippen LogP contribution in [0.2, 0.25) is 0 Å². The number of aliphatic hydroxyl groups excluding tert-OH is 1. The SMILES string of the molecule is Cl.Nc1nccc2cc(NC(=O)[C@H](O)[C@H]3OCCN(c4cccc(N5CCOCC5=O)c4)C3=O)ccc12. The smallest absolute Gasteiger partial charge is 0.259 e. The van der Waals surface area contributed by atoms with E-state index in [9.17, 15) is 19.5 Å². The van der Waals surface area contributed by atoms with Crippen LogP contribution in [0.1, 0.15) is 0 Å². The van der Waals surface area contributed by atoms with Gasteiger partial charge in [0.25, 0.3) is 17.7 Å². The third-order valence-electron chi connectivity index (χ3n) is 6.18. The highest BCUT2D eigenvalue weighted by molar-refractivity contribution is 6.05. The highest BCUT2D eigenvalue weighted by Gasteiger charge is 2.39. The highest BCUT2D eigenvalue weighted by Crippen LogP contribution is 2.27. The second-order valence-corrected chi connectivity index (χ2v) is 8.47. The Hall–Kier alpha value is -3.77. The van der Waals surface area contributed by atoms with Crippen LogP contribution < -0.4 is 20.9 Å². The maximum Gasteiger partial charge on any atom is 0.259 e. The monoisotopic (exact) mass is 527 g/mol. The van der Waals surface area contributed by atoms with E-state index in [1.54, 1.807) is 59.6 Å². The first-order valence-electron chi connectivity index (χ1n) is 11.5. The molecule has 3 amide bonds. The first-order chi connectivity index (χ1) is 17.4. The van der Waals surface area contributed by atoms with E-state index in [0.29, 0.717) is 36.0 Å². The van der Waals surface area contributed by atoms with Crippen molar-refractivity contribution in [1.82, 2.24) is 4.98 Å². The molecule has 3 aromatic rings. The van der Waals surface area contributed by atoms with Crippen molar-refractivity contribution in [2.45, 2.75) is 12.2 Å². The van der Waals surface area contributed by atoms with Gasteiger partial charge < -0.3 is 35.4 Å². The minimum atomic E-state index is -1.73. The van der Waals surface area contributed by atoms with Gasteiger partial charge in [-0.15, -0.1) is 12.4 Å². The lowest BCUT2D eigenvalue weighted by Gasteiger charge is -2.35. The molecule has 0 aliphatic carbocycles. The van der Waals surface area contributed by atoms with Crippen LogP contribution in [0.25, 0.3) is 10.8 Å². The molecule has 1 aromatic heterocycles. The summed E-state index contributed by atoms with van der Waals surface area (Å²) in [5, 5.41) is 14.8. The zero-order chi connectivity index (χ0) is 25.2. The molecule has 0 saturated carbocycles. The fraction of sp³-hybridized carbons (Fsp3) is 0.280. The molecule has 11 nitrogen and oxygen atoms in total. The topological polar surface area (TPSA) is 147 Å². The highest BCUT2D eigenvalue weighted by atomic mass is 35.5. The number of rotatable bonds is 5. The number of aliphatic hydroxyl groups is 1. The Morgan fingerprint density at radius 1 is 1.08 bits per heavy atom. The molecule has 5 rings (SSSR count). The van der Waals surface area contributed by atoms with Crippen molar-refractivity contribution in [2.75, 3.05) is 53.8 Å². The Balaban J connectivity index is 0.00000320. The third kappa shape index (κ3) is 5.35. The number of fused-ring (bicyclic) bond motifs is 1. The van der Waals surface area contributed by atoms with E-state index in [1.165, 1.54) is 4.90 Å². The minimum absolute atomic E-state index is 0. The van der Waals surface area contributed by atoms with Gasteiger partial charge in [-0.25, -0.2) is 4.98 Å². The number of nitrogen functional groups attached to an aromatic ring is 1. The van der Waals surface area contributed by atoms with Gasteiger partial charge in [-0.05, 0) is 47.9 Å². The average Bonchev–Trinajstić information content (AvgIpc) is 2.89. The van der Waals surface area contributed by atoms with E-state index >= 15 is 0 Å². The maximum atomic E-state index is 13.2. The molecule has 0 unspecified atom stereocenters. The number of nitrogens with zero attached hydrogens (tertiary/aromatic N) is 3. The van der Waals surface area contributed by atoms with Crippen LogP contribution in [0.4, 0.5) is 22.9 Å². The van der Waals surface area contributed by atoms with Gasteiger partial charge in [-0.2, -0.15) is 0 Å². The van der Waals surface area contributed by atoms with Gasteiger partial charge in [-0.3, -0.25) is 14.4 Å². The van der Waals surface area contributed by atoms with Crippen molar-refractivity contribution in [3.63, 3.8) is 0 Å². The van der Waals surface area contributed by atoms with Crippen LogP contribution >= 0.6 is 12.4 Å². The number of aromatic nitrogens is 1. The molecule has 4 N–H and O–H groups in total. The second kappa shape index (κ2) is 11.1. The molecule has 0 spiro atoms. The normalized spacial score (nSPS) is 18.9. The van der Waals surface area contributed by atoms with Crippen molar-refractivity contribution in [1.29, 1.82) is 0 Å². The fourth-order valence-corrected chi connectivity index (χ4v) is 4.34. The zero-order valence-electron chi connectivity index (χ0n) is 19.7. The molecule has 12 heteroatoms. The van der Waals surface area contributed by atoms with E-state index in [-0.39, 0.29) is 38.1 Å². The molecular formula is C25H26ClN5O6. The molecule has 194 valence electrons. The second-order valence-electron chi connectivity index (χ2n) is 8.47. The lowest BCUT2D eigenvalue weighted by molar-refractivity contribution is -0.150. The molecule has 2 aromatic carbocycles. The van der Waals surface area contributed by atoms with Gasteiger partial charge in [0.1, 0.15) is 12.4 Å². The van der Waals surface area contributed by atoms with Crippen LogP contribution in [0.3, 0.4) is 0 Å². The summed E-state index contributed by atoms with van der Waals surface area (Å²) < 4.78 is 10.7. The fourth-order valence-electron chi connectivity index (χ4n) is 4.34. The number of hydrogen-bond acceptors (Lipinski definition) is 8. The van der Waals surface area contributed by atoms with Crippen molar-refractivity contribution in [3.05, 3.63) is 54.7 Å². The van der Waals surface area contributed by atoms with Gasteiger partial charge in [0.15, 0.2) is 12.2 Å². The number of halogens is 1. The summed E-state index contributed by atoms with van der Waals surface area (Å²) in [5.74, 6) is -1.12. The molecule has 2 aliphatic heterocycles. The van der Waals surface area contributed by atoms with Gasteiger partial charge >= 0.3 is 0 Å². The van der Waals surface area contributed by atoms with Crippen LogP contribution in [0.15, 0.2) is 54.7 Å². The Labute approximate surface area is 218 Å². The molecule has 37 heavy (non-hydrogen) atoms. The van der Waals surface area contributed by atoms with Crippen molar-refractivity contribution in [3.8, 4) is 0 Å². The molecular weight excluding hydrogens is 502 g/mol. The molecule has 0 bridgehead atoms. The summed E-state index contributed by atoms with van der Waals surface area (Å²) in [5.41, 5.74) is 7.48. The Bertz CT molecular complexity index is 1340. The molecule has 2 aliphatic rings. The predicted molar refractivity (Wildman–Crippen MR) is 140 cm³/mol. The van der Waals surface area contributed by atoms with E-state index in [4.69, 9.17) is 15.2 Å². The number of carbonyl (C=O) groups excluding carboxylic acids is 3. The molecule has 2 fully saturated rings. The van der Waals surface area contributed by atoms with Gasteiger partial charge in [0, 0.05) is 41.7 Å². The van der Waals surface area contributed by atoms with Crippen molar-refractivity contribution < 1.29 is 29.0 Å². The van der Waals surface area contributed by atoms with Crippen LogP contribution in [0, 0.1) is 0 Å². The zero-order valence-corrected chi connectivity index (χ0v) is 20.5. The minimum Gasteiger partial charge on any atom is -0.383 e. The van der Waals surface area contributed by atoms with Crippen LogP contribution in [-0.2, 0) is 23.9 Å². The first-order valence-corrected chi connectivity index (χ1v) is 11.5. The standard InChI is InChI=1S/C25H25N5O6.ClH/c26-23-19-5-4-16(12-15(19)6-7-27-23)28-24(33)21(32)22-25(34)30(9-11-36-22)18-3-1-2-17(13-18)29-8-10-35-14-20(29)31;/h1-7,12-13,21-22,32H,8-11,14H2,(H2,26,27)(H,28,33);1H/t21-,22-;/m1./s1. The Morgan fingerprint density at radius 3 is 2.62 bits per heavy atom. The molecule has 2 saturated heterocycles. The van der Waals surface area contributed by atoms with Gasteiger partial charge in [0.2, 0.25) is 0 Å². The summed E-state index contributed by atoms with van der Waals surface area (Å²) in [4.78, 5) is 45.3. The number of amides is 3. The number of nitrogens with two attached hydrogens (primary N) is 1. The number of benzene rings is 2. The number of carbonyl (C=O) groups is 3. The summed E-state index contributed by atoms with van der Waals surface area (Å²) in [6.07, 6.45) is -1.55. The van der Waals surface area contributed by atoms with Gasteiger partial charge in [0.05, 0.1) is 13.2 Å². The summed E-state index contributed by atoms with van der Waals surface area (Å²) in [7, 11) is 0. The summed E-state index contributed by atoms with van der Waals surface area (Å²) in [6, 6.07) is 13.8. The van der Waals surface area contributed by atoms with Crippen molar-refractivity contribution in [2.24, 2.45) is 0 Å². The van der Waals surface area contributed by atoms with E-state index in [2.05, 4.69) is 10.3 Å². The number of morpholine rings is 2. The summed E-state index contributed by atoms with van der Waals surface area (Å²) in [6.45, 7) is 1.22. The first kappa shape index (κ1) is 26.3. The lowest BCUT2D eigenvalue weighted by Crippen LogP contribution is -2.55. The van der Waals surface area contributed by atoms with Crippen molar-refractivity contribution >= 4 is 63.8 Å². The lowest BCUT2D eigenvalue weighted by atomic mass is 10.1. The molecule has 3 heterocycles. The number of pyridine rings is 1. The third-order valence-corrected chi connectivity index (χ3v) is 6.18. The number of ether oxygens (including phenoxy) is 2. The average molecular weight is 528 g/mol. The quantitative estimate of drug-likeness (QED) is 0.450. The Kier molecular flexibility index (Phi) is 7.89. The van der Waals surface area contributed by atoms with E-state index in [0.717, 1.165) is 10.8 Å². The maximum absolute atomic E-state index is 13.2. The summed E-state index contributed by atoms with van der Waals surface area (Å²) >= 11 is 0. The largest absolute Gasteiger partial charge is 0.383 e. The molecule has 2 atom stereocenters. The van der Waals surface area contributed by atoms with Crippen LogP contribution in [0.5, 0.6) is 0 Å². The van der Waals surface area contributed by atoms with E-state index < -0.39 is 24.0 Å². The van der Waals surface area contributed by atoms with Crippen LogP contribution in [-0.4, -0.2) is 72.9 Å².